The predicted molar refractivity (Wildman–Crippen MR) is 91.2 cm³/mol. The molecule has 0 saturated heterocycles. The van der Waals surface area contributed by atoms with Crippen LogP contribution in [0.15, 0.2) is 60.7 Å². The number of hydrogen-bond acceptors (Lipinski definition) is 0. The first-order chi connectivity index (χ1) is 11.4. The third kappa shape index (κ3) is 3.14. The van der Waals surface area contributed by atoms with Crippen LogP contribution in [-0.2, 0) is 6.18 Å². The Morgan fingerprint density at radius 1 is 0.833 bits per heavy atom. The SMILES string of the molecule is FC(F)(F)c1cc(Cl)c(-c2ccccc2)c(Cl)c1-c1[c]cccc1. The van der Waals surface area contributed by atoms with Crippen LogP contribution >= 0.6 is 23.2 Å². The van der Waals surface area contributed by atoms with Gasteiger partial charge in [-0.05, 0) is 23.3 Å². The van der Waals surface area contributed by atoms with Crippen LogP contribution in [0.3, 0.4) is 0 Å². The van der Waals surface area contributed by atoms with Crippen LogP contribution in [-0.4, -0.2) is 0 Å². The minimum atomic E-state index is -4.58. The van der Waals surface area contributed by atoms with Crippen LogP contribution in [0.25, 0.3) is 22.3 Å². The summed E-state index contributed by atoms with van der Waals surface area (Å²) in [7, 11) is 0. The van der Waals surface area contributed by atoms with Gasteiger partial charge in [0, 0.05) is 11.1 Å². The van der Waals surface area contributed by atoms with Gasteiger partial charge in [0.2, 0.25) is 0 Å². The smallest absolute Gasteiger partial charge is 0.166 e. The molecule has 0 saturated carbocycles. The van der Waals surface area contributed by atoms with Gasteiger partial charge in [0.15, 0.2) is 0 Å². The van der Waals surface area contributed by atoms with Crippen molar-refractivity contribution in [1.29, 1.82) is 0 Å². The molecule has 0 unspecified atom stereocenters. The maximum absolute atomic E-state index is 13.5. The van der Waals surface area contributed by atoms with E-state index in [0.29, 0.717) is 11.1 Å². The van der Waals surface area contributed by atoms with Crippen molar-refractivity contribution in [2.75, 3.05) is 0 Å². The second kappa shape index (κ2) is 6.50. The first-order valence-corrected chi connectivity index (χ1v) is 7.77. The van der Waals surface area contributed by atoms with Gasteiger partial charge in [-0.2, -0.15) is 13.2 Å². The Bertz CT molecular complexity index is 857. The quantitative estimate of drug-likeness (QED) is 0.452. The molecule has 0 aliphatic heterocycles. The molecule has 1 radical (unpaired) electrons. The molecule has 0 spiro atoms. The third-order valence-electron chi connectivity index (χ3n) is 3.56. The van der Waals surface area contributed by atoms with Gasteiger partial charge >= 0.3 is 6.18 Å². The van der Waals surface area contributed by atoms with Gasteiger partial charge in [-0.15, -0.1) is 0 Å². The highest BCUT2D eigenvalue weighted by Gasteiger charge is 2.36. The summed E-state index contributed by atoms with van der Waals surface area (Å²) in [6, 6.07) is 19.0. The number of alkyl halides is 3. The Labute approximate surface area is 147 Å². The summed E-state index contributed by atoms with van der Waals surface area (Å²) >= 11 is 12.5. The monoisotopic (exact) mass is 365 g/mol. The fraction of sp³-hybridized carbons (Fsp3) is 0.0526. The lowest BCUT2D eigenvalue weighted by Gasteiger charge is -2.19. The van der Waals surface area contributed by atoms with E-state index >= 15 is 0 Å². The molecule has 0 aromatic heterocycles. The standard InChI is InChI=1S/C19H10Cl2F3/c20-15-11-14(19(22,23)24)16(12-7-3-1-4-8-12)18(21)17(15)13-9-5-2-6-10-13/h1-7,9-11H. The molecular formula is C19H10Cl2F3. The molecule has 0 amide bonds. The van der Waals surface area contributed by atoms with Crippen molar-refractivity contribution < 1.29 is 13.2 Å². The van der Waals surface area contributed by atoms with E-state index in [4.69, 9.17) is 23.2 Å². The number of rotatable bonds is 2. The second-order valence-corrected chi connectivity index (χ2v) is 5.90. The summed E-state index contributed by atoms with van der Waals surface area (Å²) in [6.45, 7) is 0. The Balaban J connectivity index is 2.37. The molecule has 3 aromatic rings. The Kier molecular flexibility index (Phi) is 4.57. The van der Waals surface area contributed by atoms with E-state index in [2.05, 4.69) is 6.07 Å². The van der Waals surface area contributed by atoms with E-state index in [1.54, 1.807) is 54.6 Å². The Morgan fingerprint density at radius 2 is 1.50 bits per heavy atom. The molecule has 0 aliphatic carbocycles. The zero-order valence-electron chi connectivity index (χ0n) is 12.2. The molecule has 3 aromatic carbocycles. The molecule has 0 fully saturated rings. The van der Waals surface area contributed by atoms with Crippen molar-refractivity contribution in [3.63, 3.8) is 0 Å². The number of benzene rings is 3. The third-order valence-corrected chi connectivity index (χ3v) is 4.24. The molecule has 0 bridgehead atoms. The van der Waals surface area contributed by atoms with E-state index in [0.717, 1.165) is 6.07 Å². The van der Waals surface area contributed by atoms with E-state index in [9.17, 15) is 13.2 Å². The summed E-state index contributed by atoms with van der Waals surface area (Å²) in [5, 5.41) is -0.0818. The summed E-state index contributed by atoms with van der Waals surface area (Å²) in [4.78, 5) is 0. The highest BCUT2D eigenvalue weighted by molar-refractivity contribution is 6.41. The molecule has 3 rings (SSSR count). The van der Waals surface area contributed by atoms with Crippen LogP contribution in [0.2, 0.25) is 10.0 Å². The molecule has 0 atom stereocenters. The average Bonchev–Trinajstić information content (AvgIpc) is 2.55. The van der Waals surface area contributed by atoms with E-state index in [1.807, 2.05) is 0 Å². The molecule has 0 nitrogen and oxygen atoms in total. The molecule has 0 heterocycles. The highest BCUT2D eigenvalue weighted by Crippen LogP contribution is 2.47. The van der Waals surface area contributed by atoms with Gasteiger partial charge in [-0.1, -0.05) is 77.8 Å². The number of halogens is 5. The second-order valence-electron chi connectivity index (χ2n) is 5.11. The summed E-state index contributed by atoms with van der Waals surface area (Å²) < 4.78 is 40.5. The van der Waals surface area contributed by atoms with Crippen molar-refractivity contribution >= 4 is 23.2 Å². The first kappa shape index (κ1) is 16.9. The average molecular weight is 366 g/mol. The van der Waals surface area contributed by atoms with Gasteiger partial charge in [-0.25, -0.2) is 0 Å². The van der Waals surface area contributed by atoms with Crippen molar-refractivity contribution in [2.45, 2.75) is 6.18 Å². The van der Waals surface area contributed by atoms with Crippen LogP contribution in [0.4, 0.5) is 13.2 Å². The maximum Gasteiger partial charge on any atom is 0.417 e. The van der Waals surface area contributed by atoms with Crippen LogP contribution < -0.4 is 0 Å². The summed E-state index contributed by atoms with van der Waals surface area (Å²) in [5.41, 5.74) is 0.300. The zero-order chi connectivity index (χ0) is 17.3. The van der Waals surface area contributed by atoms with Gasteiger partial charge in [0.25, 0.3) is 0 Å². The van der Waals surface area contributed by atoms with Crippen LogP contribution in [0.1, 0.15) is 5.56 Å². The van der Waals surface area contributed by atoms with Gasteiger partial charge in [0.1, 0.15) is 0 Å². The normalized spacial score (nSPS) is 11.5. The minimum absolute atomic E-state index is 0.0384. The Morgan fingerprint density at radius 3 is 2.08 bits per heavy atom. The lowest BCUT2D eigenvalue weighted by atomic mass is 9.94. The van der Waals surface area contributed by atoms with Gasteiger partial charge < -0.3 is 0 Å². The fourth-order valence-electron chi connectivity index (χ4n) is 2.52. The topological polar surface area (TPSA) is 0 Å². The molecule has 5 heteroatoms. The van der Waals surface area contributed by atoms with Crippen molar-refractivity contribution in [2.24, 2.45) is 0 Å². The summed E-state index contributed by atoms with van der Waals surface area (Å²) in [5.74, 6) is 0. The van der Waals surface area contributed by atoms with Gasteiger partial charge in [-0.3, -0.25) is 0 Å². The van der Waals surface area contributed by atoms with E-state index in [-0.39, 0.29) is 21.2 Å². The zero-order valence-corrected chi connectivity index (χ0v) is 13.7. The minimum Gasteiger partial charge on any atom is -0.166 e. The van der Waals surface area contributed by atoms with Crippen molar-refractivity contribution in [3.05, 3.63) is 82.3 Å². The van der Waals surface area contributed by atoms with Crippen LogP contribution in [0, 0.1) is 6.07 Å². The molecule has 24 heavy (non-hydrogen) atoms. The van der Waals surface area contributed by atoms with Gasteiger partial charge in [0.05, 0.1) is 15.6 Å². The lowest BCUT2D eigenvalue weighted by molar-refractivity contribution is -0.137. The first-order valence-electron chi connectivity index (χ1n) is 7.01. The largest absolute Gasteiger partial charge is 0.417 e. The Hall–Kier alpha value is -1.97. The van der Waals surface area contributed by atoms with Crippen LogP contribution in [0.5, 0.6) is 0 Å². The molecule has 121 valence electrons. The predicted octanol–water partition coefficient (Wildman–Crippen LogP) is 7.15. The lowest BCUT2D eigenvalue weighted by Crippen LogP contribution is -2.08. The molecule has 0 N–H and O–H groups in total. The summed E-state index contributed by atoms with van der Waals surface area (Å²) in [6.07, 6.45) is -4.58. The van der Waals surface area contributed by atoms with E-state index in [1.165, 1.54) is 0 Å². The number of hydrogen-bond donors (Lipinski definition) is 0. The fourth-order valence-corrected chi connectivity index (χ4v) is 3.30. The maximum atomic E-state index is 13.5. The van der Waals surface area contributed by atoms with Crippen molar-refractivity contribution in [3.8, 4) is 22.3 Å². The molecule has 0 aliphatic rings. The highest BCUT2D eigenvalue weighted by atomic mass is 35.5. The van der Waals surface area contributed by atoms with E-state index < -0.39 is 11.7 Å². The van der Waals surface area contributed by atoms with Crippen molar-refractivity contribution in [1.82, 2.24) is 0 Å². The molecular weight excluding hydrogens is 356 g/mol.